The van der Waals surface area contributed by atoms with Gasteiger partial charge in [-0.1, -0.05) is 36.4 Å². The average Bonchev–Trinajstić information content (AvgIpc) is 2.38. The molecule has 0 heterocycles. The van der Waals surface area contributed by atoms with Gasteiger partial charge < -0.3 is 0 Å². The van der Waals surface area contributed by atoms with Gasteiger partial charge >= 0.3 is 20.6 Å². The van der Waals surface area contributed by atoms with E-state index in [4.69, 9.17) is 0 Å². The number of rotatable bonds is 6. The smallest absolute Gasteiger partial charge is 0.260 e. The predicted molar refractivity (Wildman–Crippen MR) is 79.1 cm³/mol. The lowest BCUT2D eigenvalue weighted by Gasteiger charge is -2.09. The molecule has 0 aliphatic heterocycles. The Balaban J connectivity index is 2.09. The quantitative estimate of drug-likeness (QED) is 0.840. The summed E-state index contributed by atoms with van der Waals surface area (Å²) in [6.07, 6.45) is 0. The first-order valence-corrected chi connectivity index (χ1v) is 8.55. The molecule has 2 rings (SSSR count). The van der Waals surface area contributed by atoms with E-state index in [0.717, 1.165) is 0 Å². The van der Waals surface area contributed by atoms with E-state index in [9.17, 15) is 16.8 Å². The number of hydrogen-bond donors (Lipinski definition) is 2. The maximum Gasteiger partial charge on any atom is 0.375 e. The normalized spacial score (nSPS) is 11.8. The van der Waals surface area contributed by atoms with Crippen molar-refractivity contribution in [1.82, 2.24) is 0 Å². The minimum atomic E-state index is -4.51. The summed E-state index contributed by atoms with van der Waals surface area (Å²) in [5.41, 5.74) is 0.375. The largest absolute Gasteiger partial charge is 0.375 e. The molecule has 0 aliphatic carbocycles. The zero-order valence-electron chi connectivity index (χ0n) is 10.6. The van der Waals surface area contributed by atoms with Crippen molar-refractivity contribution in [2.45, 2.75) is 0 Å². The third kappa shape index (κ3) is 5.06. The Morgan fingerprint density at radius 3 is 1.29 bits per heavy atom. The Kier molecular flexibility index (Phi) is 4.46. The van der Waals surface area contributed by atoms with Crippen molar-refractivity contribution in [3.8, 4) is 0 Å². The Bertz CT molecular complexity index is 721. The summed E-state index contributed by atoms with van der Waals surface area (Å²) in [6, 6.07) is 15.6. The molecule has 21 heavy (non-hydrogen) atoms. The molecule has 0 aromatic heterocycles. The molecule has 0 saturated heterocycles. The van der Waals surface area contributed by atoms with Crippen molar-refractivity contribution in [3.05, 3.63) is 60.7 Å². The fourth-order valence-corrected chi connectivity index (χ4v) is 3.52. The first-order valence-electron chi connectivity index (χ1n) is 5.73. The molecule has 0 amide bonds. The first kappa shape index (κ1) is 15.3. The van der Waals surface area contributed by atoms with Crippen LogP contribution in [0, 0.1) is 0 Å². The molecule has 2 N–H and O–H groups in total. The van der Waals surface area contributed by atoms with Crippen molar-refractivity contribution < 1.29 is 20.5 Å². The summed E-state index contributed by atoms with van der Waals surface area (Å²) < 4.78 is 54.8. The summed E-state index contributed by atoms with van der Waals surface area (Å²) in [4.78, 5) is 0. The second-order valence-corrected chi connectivity index (χ2v) is 6.68. The molecule has 0 saturated carbocycles. The van der Waals surface area contributed by atoms with Gasteiger partial charge in [0.15, 0.2) is 0 Å². The van der Waals surface area contributed by atoms with Crippen molar-refractivity contribution in [3.63, 3.8) is 0 Å². The topological polar surface area (TPSA) is 102 Å². The maximum absolute atomic E-state index is 11.7. The van der Waals surface area contributed by atoms with E-state index in [-0.39, 0.29) is 11.4 Å². The maximum atomic E-state index is 11.7. The first-order chi connectivity index (χ1) is 9.86. The average molecular weight is 328 g/mol. The van der Waals surface area contributed by atoms with Crippen LogP contribution in [-0.2, 0) is 24.2 Å². The molecule has 9 heteroatoms. The van der Waals surface area contributed by atoms with E-state index in [1.807, 2.05) is 9.44 Å². The van der Waals surface area contributed by atoms with Crippen LogP contribution < -0.4 is 9.44 Å². The van der Waals surface area contributed by atoms with Crippen LogP contribution in [0.4, 0.5) is 11.4 Å². The van der Waals surface area contributed by atoms with Crippen molar-refractivity contribution in [1.29, 1.82) is 0 Å². The van der Waals surface area contributed by atoms with Gasteiger partial charge in [0.25, 0.3) is 0 Å². The van der Waals surface area contributed by atoms with E-state index in [0.29, 0.717) is 0 Å². The Hall–Kier alpha value is -2.10. The summed E-state index contributed by atoms with van der Waals surface area (Å²) >= 11 is 0. The third-order valence-electron chi connectivity index (χ3n) is 2.21. The molecular formula is C12H12N2O5S2. The highest BCUT2D eigenvalue weighted by Crippen LogP contribution is 2.13. The molecule has 0 fully saturated rings. The Morgan fingerprint density at radius 1 is 0.619 bits per heavy atom. The van der Waals surface area contributed by atoms with Gasteiger partial charge in [0.1, 0.15) is 0 Å². The molecule has 2 aromatic carbocycles. The Morgan fingerprint density at radius 2 is 0.952 bits per heavy atom. The number of nitrogens with one attached hydrogen (secondary N) is 2. The minimum absolute atomic E-state index is 0.187. The van der Waals surface area contributed by atoms with Crippen LogP contribution in [0.25, 0.3) is 0 Å². The number of hydrogen-bond acceptors (Lipinski definition) is 5. The molecule has 2 aromatic rings. The zero-order chi connectivity index (χ0) is 15.3. The van der Waals surface area contributed by atoms with Crippen molar-refractivity contribution in [2.24, 2.45) is 0 Å². The fourth-order valence-electron chi connectivity index (χ4n) is 1.45. The van der Waals surface area contributed by atoms with Crippen molar-refractivity contribution in [2.75, 3.05) is 9.44 Å². The van der Waals surface area contributed by atoms with Crippen molar-refractivity contribution >= 4 is 32.0 Å². The second-order valence-electron chi connectivity index (χ2n) is 3.91. The lowest BCUT2D eigenvalue weighted by atomic mass is 10.3. The van der Waals surface area contributed by atoms with Crippen LogP contribution in [0.1, 0.15) is 0 Å². The molecule has 0 bridgehead atoms. The lowest BCUT2D eigenvalue weighted by molar-refractivity contribution is 0.470. The molecule has 0 aliphatic rings. The fraction of sp³-hybridized carbons (Fsp3) is 0. The molecule has 0 spiro atoms. The highest BCUT2D eigenvalue weighted by molar-refractivity contribution is 8.01. The van der Waals surface area contributed by atoms with Gasteiger partial charge in [0.2, 0.25) is 0 Å². The van der Waals surface area contributed by atoms with E-state index < -0.39 is 20.6 Å². The van der Waals surface area contributed by atoms with Crippen LogP contribution in [0.2, 0.25) is 0 Å². The predicted octanol–water partition coefficient (Wildman–Crippen LogP) is 1.72. The van der Waals surface area contributed by atoms with E-state index in [2.05, 4.69) is 3.63 Å². The standard InChI is InChI=1S/C12H12N2O5S2/c15-20(16,13-11-7-3-1-4-8-11)19-21(17,18)14-12-9-5-2-6-10-12/h1-10,13-14H. The molecular weight excluding hydrogens is 316 g/mol. The van der Waals surface area contributed by atoms with Gasteiger partial charge in [-0.15, -0.1) is 3.63 Å². The SMILES string of the molecule is O=S(=O)(Nc1ccccc1)OS(=O)(=O)Nc1ccccc1. The number of anilines is 2. The van der Waals surface area contributed by atoms with Crippen LogP contribution in [0.15, 0.2) is 60.7 Å². The third-order valence-corrected chi connectivity index (χ3v) is 4.62. The van der Waals surface area contributed by atoms with E-state index in [1.165, 1.54) is 24.3 Å². The summed E-state index contributed by atoms with van der Waals surface area (Å²) in [7, 11) is -9.03. The summed E-state index contributed by atoms with van der Waals surface area (Å²) in [6.45, 7) is 0. The van der Waals surface area contributed by atoms with Gasteiger partial charge in [-0.05, 0) is 24.3 Å². The van der Waals surface area contributed by atoms with Crippen LogP contribution >= 0.6 is 0 Å². The van der Waals surface area contributed by atoms with Gasteiger partial charge in [0.05, 0.1) is 11.4 Å². The Labute approximate surface area is 123 Å². The number of benzene rings is 2. The molecule has 7 nitrogen and oxygen atoms in total. The van der Waals surface area contributed by atoms with Gasteiger partial charge in [-0.3, -0.25) is 9.44 Å². The highest BCUT2D eigenvalue weighted by Gasteiger charge is 2.22. The summed E-state index contributed by atoms with van der Waals surface area (Å²) in [5, 5.41) is 0. The monoisotopic (exact) mass is 328 g/mol. The molecule has 0 unspecified atom stereocenters. The number of para-hydroxylation sites is 2. The van der Waals surface area contributed by atoms with E-state index >= 15 is 0 Å². The summed E-state index contributed by atoms with van der Waals surface area (Å²) in [5.74, 6) is 0. The van der Waals surface area contributed by atoms with Gasteiger partial charge in [-0.25, -0.2) is 0 Å². The van der Waals surface area contributed by atoms with Gasteiger partial charge in [-0.2, -0.15) is 16.8 Å². The molecule has 112 valence electrons. The van der Waals surface area contributed by atoms with Crippen LogP contribution in [0.3, 0.4) is 0 Å². The second kappa shape index (κ2) is 6.12. The van der Waals surface area contributed by atoms with Gasteiger partial charge in [0, 0.05) is 0 Å². The van der Waals surface area contributed by atoms with Crippen LogP contribution in [0.5, 0.6) is 0 Å². The van der Waals surface area contributed by atoms with Crippen LogP contribution in [-0.4, -0.2) is 16.8 Å². The molecule has 0 atom stereocenters. The van der Waals surface area contributed by atoms with E-state index in [1.54, 1.807) is 36.4 Å². The highest BCUT2D eigenvalue weighted by atomic mass is 32.3. The molecule has 0 radical (unpaired) electrons. The lowest BCUT2D eigenvalue weighted by Crippen LogP contribution is -2.25. The minimum Gasteiger partial charge on any atom is -0.260 e. The zero-order valence-corrected chi connectivity index (χ0v) is 12.3.